The molecular weight excluding hydrogens is 202 g/mol. The molecule has 1 atom stereocenters. The van der Waals surface area contributed by atoms with Crippen molar-refractivity contribution in [3.63, 3.8) is 0 Å². The van der Waals surface area contributed by atoms with E-state index in [2.05, 4.69) is 12.2 Å². The fourth-order valence-electron chi connectivity index (χ4n) is 2.82. The summed E-state index contributed by atoms with van der Waals surface area (Å²) in [7, 11) is 0. The van der Waals surface area contributed by atoms with Gasteiger partial charge in [-0.15, -0.1) is 0 Å². The van der Waals surface area contributed by atoms with E-state index in [1.54, 1.807) is 0 Å². The average Bonchev–Trinajstić information content (AvgIpc) is 3.02. The Kier molecular flexibility index (Phi) is 3.53. The summed E-state index contributed by atoms with van der Waals surface area (Å²) in [6.07, 6.45) is 8.62. The monoisotopic (exact) mass is 225 g/mol. The molecule has 92 valence electrons. The zero-order valence-corrected chi connectivity index (χ0v) is 10.2. The molecule has 16 heavy (non-hydrogen) atoms. The molecule has 2 N–H and O–H groups in total. The molecule has 0 aromatic rings. The molecule has 3 nitrogen and oxygen atoms in total. The molecule has 0 heterocycles. The van der Waals surface area contributed by atoms with Gasteiger partial charge in [-0.05, 0) is 37.0 Å². The molecule has 0 radical (unpaired) electrons. The second-order valence-corrected chi connectivity index (χ2v) is 5.91. The van der Waals surface area contributed by atoms with E-state index in [4.69, 9.17) is 5.11 Å². The van der Waals surface area contributed by atoms with Gasteiger partial charge in [-0.3, -0.25) is 4.79 Å². The lowest BCUT2D eigenvalue weighted by Crippen LogP contribution is -2.44. The van der Waals surface area contributed by atoms with Crippen LogP contribution < -0.4 is 5.32 Å². The van der Waals surface area contributed by atoms with Crippen LogP contribution in [0.3, 0.4) is 0 Å². The largest absolute Gasteiger partial charge is 0.480 e. The van der Waals surface area contributed by atoms with Crippen molar-refractivity contribution in [2.45, 2.75) is 57.9 Å². The lowest BCUT2D eigenvalue weighted by Gasteiger charge is -2.34. The first-order valence-electron chi connectivity index (χ1n) is 6.57. The highest BCUT2D eigenvalue weighted by Crippen LogP contribution is 2.37. The number of rotatable bonds is 5. The Morgan fingerprint density at radius 2 is 2.00 bits per heavy atom. The maximum Gasteiger partial charge on any atom is 0.320 e. The highest BCUT2D eigenvalue weighted by Gasteiger charge is 2.37. The quantitative estimate of drug-likeness (QED) is 0.755. The number of hydrogen-bond acceptors (Lipinski definition) is 2. The van der Waals surface area contributed by atoms with Gasteiger partial charge < -0.3 is 10.4 Å². The SMILES string of the molecule is CC1(CNC(C(=O)O)C2CC2)CCCCC1. The van der Waals surface area contributed by atoms with Crippen LogP contribution in [0.4, 0.5) is 0 Å². The third kappa shape index (κ3) is 2.97. The maximum absolute atomic E-state index is 11.1. The Hall–Kier alpha value is -0.570. The topological polar surface area (TPSA) is 49.3 Å². The van der Waals surface area contributed by atoms with Crippen LogP contribution in [0.5, 0.6) is 0 Å². The van der Waals surface area contributed by atoms with Gasteiger partial charge in [0, 0.05) is 6.54 Å². The Bertz CT molecular complexity index is 255. The summed E-state index contributed by atoms with van der Waals surface area (Å²) in [5.41, 5.74) is 0.334. The van der Waals surface area contributed by atoms with E-state index >= 15 is 0 Å². The van der Waals surface area contributed by atoms with Crippen molar-refractivity contribution in [1.29, 1.82) is 0 Å². The van der Waals surface area contributed by atoms with Crippen LogP contribution in [0, 0.1) is 11.3 Å². The predicted molar refractivity (Wildman–Crippen MR) is 63.3 cm³/mol. The van der Waals surface area contributed by atoms with Gasteiger partial charge >= 0.3 is 5.97 Å². The fourth-order valence-corrected chi connectivity index (χ4v) is 2.82. The van der Waals surface area contributed by atoms with Crippen molar-refractivity contribution in [2.75, 3.05) is 6.54 Å². The zero-order valence-electron chi connectivity index (χ0n) is 10.2. The third-order valence-electron chi connectivity index (χ3n) is 4.17. The Labute approximate surface area is 97.6 Å². The maximum atomic E-state index is 11.1. The summed E-state index contributed by atoms with van der Waals surface area (Å²) in [5.74, 6) is -0.272. The molecule has 0 spiro atoms. The molecule has 0 aromatic heterocycles. The molecule has 0 amide bonds. The van der Waals surface area contributed by atoms with Gasteiger partial charge in [-0.25, -0.2) is 0 Å². The van der Waals surface area contributed by atoms with Crippen molar-refractivity contribution >= 4 is 5.97 Å². The lowest BCUT2D eigenvalue weighted by molar-refractivity contribution is -0.140. The van der Waals surface area contributed by atoms with Gasteiger partial charge in [0.25, 0.3) is 0 Å². The molecule has 2 aliphatic rings. The molecule has 2 rings (SSSR count). The van der Waals surface area contributed by atoms with Gasteiger partial charge in [0.15, 0.2) is 0 Å². The minimum absolute atomic E-state index is 0.293. The summed E-state index contributed by atoms with van der Waals surface area (Å²) in [6, 6.07) is -0.293. The molecule has 3 heteroatoms. The molecular formula is C13H23NO2. The standard InChI is InChI=1S/C13H23NO2/c1-13(7-3-2-4-8-13)9-14-11(12(15)16)10-5-6-10/h10-11,14H,2-9H2,1H3,(H,15,16). The van der Waals surface area contributed by atoms with E-state index < -0.39 is 5.97 Å². The van der Waals surface area contributed by atoms with E-state index in [0.29, 0.717) is 11.3 Å². The molecule has 2 fully saturated rings. The molecule has 0 aromatic carbocycles. The van der Waals surface area contributed by atoms with Crippen LogP contribution in [-0.2, 0) is 4.79 Å². The van der Waals surface area contributed by atoms with E-state index in [-0.39, 0.29) is 6.04 Å². The second-order valence-electron chi connectivity index (χ2n) is 5.91. The van der Waals surface area contributed by atoms with Gasteiger partial charge in [0.05, 0.1) is 0 Å². The number of hydrogen-bond donors (Lipinski definition) is 2. The summed E-state index contributed by atoms with van der Waals surface area (Å²) < 4.78 is 0. The van der Waals surface area contributed by atoms with E-state index in [9.17, 15) is 4.79 Å². The van der Waals surface area contributed by atoms with Crippen LogP contribution in [0.1, 0.15) is 51.9 Å². The average molecular weight is 225 g/mol. The number of carbonyl (C=O) groups is 1. The van der Waals surface area contributed by atoms with Crippen molar-refractivity contribution < 1.29 is 9.90 Å². The first-order valence-corrected chi connectivity index (χ1v) is 6.57. The molecule has 2 saturated carbocycles. The fraction of sp³-hybridized carbons (Fsp3) is 0.923. The number of carboxylic acids is 1. The summed E-state index contributed by atoms with van der Waals surface area (Å²) in [5, 5.41) is 12.4. The van der Waals surface area contributed by atoms with Gasteiger partial charge in [-0.2, -0.15) is 0 Å². The van der Waals surface area contributed by atoms with Crippen LogP contribution in [0.15, 0.2) is 0 Å². The highest BCUT2D eigenvalue weighted by molar-refractivity contribution is 5.74. The van der Waals surface area contributed by atoms with Crippen LogP contribution >= 0.6 is 0 Å². The predicted octanol–water partition coefficient (Wildman–Crippen LogP) is 2.41. The van der Waals surface area contributed by atoms with Crippen molar-refractivity contribution in [3.05, 3.63) is 0 Å². The normalized spacial score (nSPS) is 26.3. The number of carboxylic acid groups (broad SMARTS) is 1. The second kappa shape index (κ2) is 4.74. The van der Waals surface area contributed by atoms with Crippen LogP contribution in [0.25, 0.3) is 0 Å². The number of aliphatic carboxylic acids is 1. The zero-order chi connectivity index (χ0) is 11.6. The smallest absolute Gasteiger partial charge is 0.320 e. The molecule has 1 unspecified atom stereocenters. The van der Waals surface area contributed by atoms with Crippen molar-refractivity contribution in [1.82, 2.24) is 5.32 Å². The Balaban J connectivity index is 1.82. The van der Waals surface area contributed by atoms with Crippen LogP contribution in [0.2, 0.25) is 0 Å². The summed E-state index contributed by atoms with van der Waals surface area (Å²) in [6.45, 7) is 3.17. The molecule has 0 aliphatic heterocycles. The Morgan fingerprint density at radius 3 is 2.50 bits per heavy atom. The van der Waals surface area contributed by atoms with E-state index in [1.807, 2.05) is 0 Å². The third-order valence-corrected chi connectivity index (χ3v) is 4.17. The Morgan fingerprint density at radius 1 is 1.38 bits per heavy atom. The van der Waals surface area contributed by atoms with Crippen molar-refractivity contribution in [3.8, 4) is 0 Å². The molecule has 0 saturated heterocycles. The van der Waals surface area contributed by atoms with Gasteiger partial charge in [0.1, 0.15) is 6.04 Å². The first kappa shape index (κ1) is 11.9. The van der Waals surface area contributed by atoms with E-state index in [0.717, 1.165) is 19.4 Å². The molecule has 0 bridgehead atoms. The van der Waals surface area contributed by atoms with Crippen LogP contribution in [-0.4, -0.2) is 23.7 Å². The lowest BCUT2D eigenvalue weighted by atomic mass is 9.75. The minimum atomic E-state index is -0.665. The van der Waals surface area contributed by atoms with E-state index in [1.165, 1.54) is 32.1 Å². The van der Waals surface area contributed by atoms with Gasteiger partial charge in [-0.1, -0.05) is 26.2 Å². The molecule has 2 aliphatic carbocycles. The summed E-state index contributed by atoms with van der Waals surface area (Å²) in [4.78, 5) is 11.1. The summed E-state index contributed by atoms with van der Waals surface area (Å²) >= 11 is 0. The number of nitrogens with one attached hydrogen (secondary N) is 1. The highest BCUT2D eigenvalue weighted by atomic mass is 16.4. The van der Waals surface area contributed by atoms with Crippen molar-refractivity contribution in [2.24, 2.45) is 11.3 Å². The first-order chi connectivity index (χ1) is 7.61. The minimum Gasteiger partial charge on any atom is -0.480 e. The van der Waals surface area contributed by atoms with Gasteiger partial charge in [0.2, 0.25) is 0 Å².